The number of carbonyl (C=O) groups is 1. The molecule has 0 bridgehead atoms. The Labute approximate surface area is 187 Å². The highest BCUT2D eigenvalue weighted by atomic mass is 16.2. The van der Waals surface area contributed by atoms with E-state index >= 15 is 0 Å². The summed E-state index contributed by atoms with van der Waals surface area (Å²) in [6, 6.07) is 16.3. The Bertz CT molecular complexity index is 1120. The highest BCUT2D eigenvalue weighted by Crippen LogP contribution is 2.16. The molecule has 7 heteroatoms. The molecule has 4 rings (SSSR count). The lowest BCUT2D eigenvalue weighted by atomic mass is 10.2. The normalized spacial score (nSPS) is 15.7. The minimum atomic E-state index is -0.659. The van der Waals surface area contributed by atoms with Crippen LogP contribution < -0.4 is 5.56 Å². The summed E-state index contributed by atoms with van der Waals surface area (Å²) in [6.07, 6.45) is 7.63. The average molecular weight is 430 g/mol. The zero-order valence-corrected chi connectivity index (χ0v) is 18.2. The summed E-state index contributed by atoms with van der Waals surface area (Å²) < 4.78 is 1.28. The van der Waals surface area contributed by atoms with E-state index in [0.717, 1.165) is 25.2 Å². The van der Waals surface area contributed by atoms with Gasteiger partial charge in [-0.1, -0.05) is 42.5 Å². The number of pyridine rings is 1. The Morgan fingerprint density at radius 3 is 2.44 bits per heavy atom. The molecule has 2 aromatic heterocycles. The van der Waals surface area contributed by atoms with Crippen molar-refractivity contribution < 1.29 is 4.79 Å². The van der Waals surface area contributed by atoms with Crippen LogP contribution in [0.15, 0.2) is 77.9 Å². The number of benzene rings is 1. The third-order valence-corrected chi connectivity index (χ3v) is 5.68. The van der Waals surface area contributed by atoms with Gasteiger partial charge in [0.2, 0.25) is 5.91 Å². The Hall–Kier alpha value is -3.58. The molecule has 1 fully saturated rings. The summed E-state index contributed by atoms with van der Waals surface area (Å²) in [5, 5.41) is 4.45. The first kappa shape index (κ1) is 21.6. The van der Waals surface area contributed by atoms with Crippen molar-refractivity contribution >= 4 is 12.0 Å². The number of nitrogens with zero attached hydrogens (tertiary/aromatic N) is 5. The summed E-state index contributed by atoms with van der Waals surface area (Å²) in [4.78, 5) is 33.7. The highest BCUT2D eigenvalue weighted by Gasteiger charge is 2.26. The lowest BCUT2D eigenvalue weighted by Gasteiger charge is -2.35. The van der Waals surface area contributed by atoms with E-state index in [2.05, 4.69) is 39.3 Å². The van der Waals surface area contributed by atoms with Crippen LogP contribution in [0.4, 0.5) is 0 Å². The van der Waals surface area contributed by atoms with Crippen LogP contribution in [0.5, 0.6) is 0 Å². The Balaban J connectivity index is 1.36. The van der Waals surface area contributed by atoms with Crippen LogP contribution >= 0.6 is 0 Å². The van der Waals surface area contributed by atoms with Gasteiger partial charge in [0.05, 0.1) is 5.69 Å². The molecule has 1 amide bonds. The number of hydrogen-bond acceptors (Lipinski definition) is 5. The molecule has 3 heterocycles. The fraction of sp³-hybridized carbons (Fsp3) is 0.280. The van der Waals surface area contributed by atoms with Gasteiger partial charge >= 0.3 is 0 Å². The quantitative estimate of drug-likeness (QED) is 0.603. The van der Waals surface area contributed by atoms with Crippen molar-refractivity contribution in [1.29, 1.82) is 0 Å². The molecule has 0 N–H and O–H groups in total. The lowest BCUT2D eigenvalue weighted by molar-refractivity contribution is -0.136. The van der Waals surface area contributed by atoms with Gasteiger partial charge in [0.1, 0.15) is 6.04 Å². The first-order valence-electron chi connectivity index (χ1n) is 10.8. The fourth-order valence-corrected chi connectivity index (χ4v) is 3.80. The number of aromatic nitrogens is 3. The minimum Gasteiger partial charge on any atom is -0.338 e. The molecule has 1 saturated heterocycles. The summed E-state index contributed by atoms with van der Waals surface area (Å²) >= 11 is 0. The first-order chi connectivity index (χ1) is 15.6. The molecular weight excluding hydrogens is 402 g/mol. The molecule has 1 atom stereocenters. The molecule has 1 unspecified atom stereocenters. The number of piperazine rings is 1. The fourth-order valence-electron chi connectivity index (χ4n) is 3.80. The molecule has 1 aliphatic heterocycles. The maximum absolute atomic E-state index is 13.1. The van der Waals surface area contributed by atoms with E-state index < -0.39 is 6.04 Å². The molecule has 0 radical (unpaired) electrons. The third kappa shape index (κ3) is 5.18. The van der Waals surface area contributed by atoms with Crippen molar-refractivity contribution in [2.45, 2.75) is 13.0 Å². The van der Waals surface area contributed by atoms with Crippen molar-refractivity contribution in [3.05, 3.63) is 89.0 Å². The van der Waals surface area contributed by atoms with Crippen LogP contribution in [0, 0.1) is 0 Å². The average Bonchev–Trinajstić information content (AvgIpc) is 2.85. The Morgan fingerprint density at radius 1 is 1.00 bits per heavy atom. The highest BCUT2D eigenvalue weighted by molar-refractivity contribution is 5.80. The van der Waals surface area contributed by atoms with Gasteiger partial charge in [0, 0.05) is 56.7 Å². The third-order valence-electron chi connectivity index (χ3n) is 5.68. The monoisotopic (exact) mass is 429 g/mol. The van der Waals surface area contributed by atoms with Crippen LogP contribution in [0.25, 0.3) is 17.3 Å². The molecule has 32 heavy (non-hydrogen) atoms. The minimum absolute atomic E-state index is 0.0778. The summed E-state index contributed by atoms with van der Waals surface area (Å²) in [7, 11) is 0. The zero-order valence-electron chi connectivity index (χ0n) is 18.2. The number of hydrogen-bond donors (Lipinski definition) is 0. The molecule has 3 aromatic rings. The molecule has 1 aromatic carbocycles. The van der Waals surface area contributed by atoms with Gasteiger partial charge in [0.25, 0.3) is 5.56 Å². The van der Waals surface area contributed by atoms with Gasteiger partial charge in [-0.3, -0.25) is 19.5 Å². The predicted molar refractivity (Wildman–Crippen MR) is 125 cm³/mol. The van der Waals surface area contributed by atoms with E-state index in [4.69, 9.17) is 0 Å². The lowest BCUT2D eigenvalue weighted by Crippen LogP contribution is -2.51. The van der Waals surface area contributed by atoms with Gasteiger partial charge in [-0.15, -0.1) is 0 Å². The van der Waals surface area contributed by atoms with Crippen LogP contribution in [0.1, 0.15) is 18.5 Å². The smallest absolute Gasteiger partial charge is 0.267 e. The summed E-state index contributed by atoms with van der Waals surface area (Å²) in [5.41, 5.74) is 2.39. The van der Waals surface area contributed by atoms with Crippen molar-refractivity contribution in [1.82, 2.24) is 24.6 Å². The Kier molecular flexibility index (Phi) is 6.87. The van der Waals surface area contributed by atoms with Crippen molar-refractivity contribution in [2.75, 3.05) is 32.7 Å². The van der Waals surface area contributed by atoms with E-state index in [1.54, 1.807) is 25.4 Å². The largest absolute Gasteiger partial charge is 0.338 e. The predicted octanol–water partition coefficient (Wildman–Crippen LogP) is 2.72. The van der Waals surface area contributed by atoms with Crippen LogP contribution in [0.2, 0.25) is 0 Å². The maximum atomic E-state index is 13.1. The number of rotatable bonds is 6. The summed E-state index contributed by atoms with van der Waals surface area (Å²) in [5.74, 6) is -0.0778. The Morgan fingerprint density at radius 2 is 1.72 bits per heavy atom. The molecule has 1 aliphatic rings. The SMILES string of the molecule is CC(C(=O)N1CCN(C/C=C/c2ccccc2)CC1)n1nc(-c2ccncc2)ccc1=O. The zero-order chi connectivity index (χ0) is 22.3. The van der Waals surface area contributed by atoms with E-state index in [0.29, 0.717) is 18.8 Å². The van der Waals surface area contributed by atoms with E-state index in [-0.39, 0.29) is 11.5 Å². The van der Waals surface area contributed by atoms with Gasteiger partial charge < -0.3 is 4.90 Å². The van der Waals surface area contributed by atoms with Crippen molar-refractivity contribution in [3.63, 3.8) is 0 Å². The van der Waals surface area contributed by atoms with Crippen LogP contribution in [0.3, 0.4) is 0 Å². The standard InChI is InChI=1S/C25H27N5O2/c1-20(30-24(31)10-9-23(27-30)22-11-13-26-14-12-22)25(32)29-18-16-28(17-19-29)15-5-8-21-6-3-2-4-7-21/h2-14,20H,15-19H2,1H3/b8-5+. The maximum Gasteiger partial charge on any atom is 0.267 e. The second-order valence-corrected chi connectivity index (χ2v) is 7.85. The van der Waals surface area contributed by atoms with Crippen molar-refractivity contribution in [3.8, 4) is 11.3 Å². The van der Waals surface area contributed by atoms with Crippen molar-refractivity contribution in [2.24, 2.45) is 0 Å². The molecule has 0 aliphatic carbocycles. The molecule has 7 nitrogen and oxygen atoms in total. The summed E-state index contributed by atoms with van der Waals surface area (Å²) in [6.45, 7) is 5.47. The number of carbonyl (C=O) groups excluding carboxylic acids is 1. The van der Waals surface area contributed by atoms with E-state index in [1.807, 2.05) is 35.2 Å². The second kappa shape index (κ2) is 10.2. The number of amides is 1. The van der Waals surface area contributed by atoms with E-state index in [1.165, 1.54) is 16.3 Å². The molecule has 0 spiro atoms. The van der Waals surface area contributed by atoms with E-state index in [9.17, 15) is 9.59 Å². The van der Waals surface area contributed by atoms with Gasteiger partial charge in [-0.05, 0) is 30.7 Å². The van der Waals surface area contributed by atoms with Gasteiger partial charge in [-0.2, -0.15) is 5.10 Å². The van der Waals surface area contributed by atoms with Gasteiger partial charge in [-0.25, -0.2) is 4.68 Å². The van der Waals surface area contributed by atoms with Crippen LogP contribution in [-0.2, 0) is 4.79 Å². The molecule has 164 valence electrons. The molecular formula is C25H27N5O2. The van der Waals surface area contributed by atoms with Gasteiger partial charge in [0.15, 0.2) is 0 Å². The second-order valence-electron chi connectivity index (χ2n) is 7.85. The van der Waals surface area contributed by atoms with Crippen LogP contribution in [-0.4, -0.2) is 63.2 Å². The molecule has 0 saturated carbocycles. The first-order valence-corrected chi connectivity index (χ1v) is 10.8. The topological polar surface area (TPSA) is 71.3 Å².